The van der Waals surface area contributed by atoms with E-state index < -0.39 is 0 Å². The third-order valence-electron chi connectivity index (χ3n) is 2.45. The lowest BCUT2D eigenvalue weighted by molar-refractivity contribution is 0.153. The van der Waals surface area contributed by atoms with E-state index in [9.17, 15) is 5.11 Å². The van der Waals surface area contributed by atoms with Crippen LogP contribution in [0.5, 0.6) is 0 Å². The number of nitrogens with zero attached hydrogens (tertiary/aromatic N) is 2. The summed E-state index contributed by atoms with van der Waals surface area (Å²) in [5.41, 5.74) is 2.25. The van der Waals surface area contributed by atoms with Crippen LogP contribution in [0.25, 0.3) is 0 Å². The van der Waals surface area contributed by atoms with Gasteiger partial charge < -0.3 is 5.11 Å². The molecule has 1 aromatic rings. The summed E-state index contributed by atoms with van der Waals surface area (Å²) in [6.45, 7) is 4.09. The highest BCUT2D eigenvalue weighted by atomic mass is 16.3. The minimum absolute atomic E-state index is 0.157. The lowest BCUT2D eigenvalue weighted by Gasteiger charge is -2.08. The van der Waals surface area contributed by atoms with Crippen LogP contribution in [0, 0.1) is 6.92 Å². The Hall–Kier alpha value is -0.830. The number of aliphatic hydroxyl groups is 1. The second kappa shape index (κ2) is 5.15. The topological polar surface area (TPSA) is 38.1 Å². The first-order valence-electron chi connectivity index (χ1n) is 5.31. The molecular formula is C11H20N2O. The molecule has 0 bridgehead atoms. The molecule has 1 unspecified atom stereocenters. The van der Waals surface area contributed by atoms with Crippen molar-refractivity contribution < 1.29 is 5.11 Å². The molecule has 14 heavy (non-hydrogen) atoms. The maximum Gasteiger partial charge on any atom is 0.0596 e. The van der Waals surface area contributed by atoms with Crippen LogP contribution >= 0.6 is 0 Å². The molecule has 0 saturated heterocycles. The Bertz CT molecular complexity index is 281. The molecule has 1 heterocycles. The van der Waals surface area contributed by atoms with Crippen molar-refractivity contribution in [2.24, 2.45) is 7.05 Å². The summed E-state index contributed by atoms with van der Waals surface area (Å²) < 4.78 is 1.90. The van der Waals surface area contributed by atoms with E-state index in [1.807, 2.05) is 18.7 Å². The van der Waals surface area contributed by atoms with E-state index in [-0.39, 0.29) is 6.10 Å². The molecule has 0 aliphatic heterocycles. The van der Waals surface area contributed by atoms with Crippen LogP contribution in [-0.2, 0) is 13.5 Å². The minimum atomic E-state index is -0.157. The van der Waals surface area contributed by atoms with E-state index in [0.717, 1.165) is 31.4 Å². The van der Waals surface area contributed by atoms with Crippen molar-refractivity contribution in [2.45, 2.75) is 45.6 Å². The second-order valence-corrected chi connectivity index (χ2v) is 3.88. The summed E-state index contributed by atoms with van der Waals surface area (Å²) in [6.07, 6.45) is 3.54. The highest BCUT2D eigenvalue weighted by Crippen LogP contribution is 2.09. The normalized spacial score (nSPS) is 13.1. The first-order chi connectivity index (χ1) is 6.63. The first-order valence-corrected chi connectivity index (χ1v) is 5.31. The zero-order chi connectivity index (χ0) is 10.6. The van der Waals surface area contributed by atoms with Gasteiger partial charge in [-0.2, -0.15) is 5.10 Å². The first kappa shape index (κ1) is 11.2. The van der Waals surface area contributed by atoms with Gasteiger partial charge in [-0.25, -0.2) is 0 Å². The minimum Gasteiger partial charge on any atom is -0.393 e. The van der Waals surface area contributed by atoms with Crippen molar-refractivity contribution in [1.82, 2.24) is 9.78 Å². The zero-order valence-electron chi connectivity index (χ0n) is 9.32. The number of aliphatic hydroxyl groups excluding tert-OH is 1. The van der Waals surface area contributed by atoms with E-state index in [1.165, 1.54) is 5.69 Å². The fourth-order valence-electron chi connectivity index (χ4n) is 1.69. The van der Waals surface area contributed by atoms with Crippen molar-refractivity contribution in [1.29, 1.82) is 0 Å². The smallest absolute Gasteiger partial charge is 0.0596 e. The highest BCUT2D eigenvalue weighted by molar-refractivity contribution is 5.08. The molecule has 1 rings (SSSR count). The molecule has 1 N–H and O–H groups in total. The molecule has 0 saturated carbocycles. The Morgan fingerprint density at radius 3 is 2.71 bits per heavy atom. The Kier molecular flexibility index (Phi) is 4.14. The molecule has 1 aromatic heterocycles. The van der Waals surface area contributed by atoms with Gasteiger partial charge in [-0.15, -0.1) is 0 Å². The van der Waals surface area contributed by atoms with Gasteiger partial charge in [0.05, 0.1) is 11.8 Å². The second-order valence-electron chi connectivity index (χ2n) is 3.88. The van der Waals surface area contributed by atoms with E-state index in [4.69, 9.17) is 0 Å². The maximum atomic E-state index is 9.58. The van der Waals surface area contributed by atoms with Crippen LogP contribution in [0.15, 0.2) is 6.07 Å². The molecular weight excluding hydrogens is 176 g/mol. The molecule has 0 aromatic carbocycles. The summed E-state index contributed by atoms with van der Waals surface area (Å²) in [7, 11) is 1.95. The molecule has 3 heteroatoms. The number of aromatic nitrogens is 2. The molecule has 80 valence electrons. The van der Waals surface area contributed by atoms with E-state index in [2.05, 4.69) is 18.1 Å². The fraction of sp³-hybridized carbons (Fsp3) is 0.727. The number of rotatable bonds is 5. The van der Waals surface area contributed by atoms with Gasteiger partial charge in [0.1, 0.15) is 0 Å². The SMILES string of the molecule is CCCC(O)CCc1cc(C)nn1C. The number of hydrogen-bond acceptors (Lipinski definition) is 2. The van der Waals surface area contributed by atoms with Crippen LogP contribution in [0.2, 0.25) is 0 Å². The average molecular weight is 196 g/mol. The molecule has 0 spiro atoms. The third kappa shape index (κ3) is 3.14. The van der Waals surface area contributed by atoms with Gasteiger partial charge in [-0.1, -0.05) is 13.3 Å². The van der Waals surface area contributed by atoms with Gasteiger partial charge in [0, 0.05) is 12.7 Å². The summed E-state index contributed by atoms with van der Waals surface area (Å²) in [5, 5.41) is 13.8. The van der Waals surface area contributed by atoms with Crippen molar-refractivity contribution in [3.05, 3.63) is 17.5 Å². The Labute approximate surface area is 85.8 Å². The van der Waals surface area contributed by atoms with Crippen molar-refractivity contribution in [3.63, 3.8) is 0 Å². The zero-order valence-corrected chi connectivity index (χ0v) is 9.32. The van der Waals surface area contributed by atoms with Gasteiger partial charge in [0.15, 0.2) is 0 Å². The van der Waals surface area contributed by atoms with Crippen molar-refractivity contribution in [2.75, 3.05) is 0 Å². The molecule has 0 amide bonds. The number of hydrogen-bond donors (Lipinski definition) is 1. The number of aryl methyl sites for hydroxylation is 3. The third-order valence-corrected chi connectivity index (χ3v) is 2.45. The van der Waals surface area contributed by atoms with Crippen LogP contribution in [-0.4, -0.2) is 21.0 Å². The van der Waals surface area contributed by atoms with E-state index in [1.54, 1.807) is 0 Å². The lowest BCUT2D eigenvalue weighted by Crippen LogP contribution is -2.09. The van der Waals surface area contributed by atoms with Gasteiger partial charge in [-0.05, 0) is 32.3 Å². The quantitative estimate of drug-likeness (QED) is 0.780. The van der Waals surface area contributed by atoms with Crippen LogP contribution in [0.4, 0.5) is 0 Å². The average Bonchev–Trinajstić information content (AvgIpc) is 2.42. The summed E-state index contributed by atoms with van der Waals surface area (Å²) in [6, 6.07) is 2.08. The summed E-state index contributed by atoms with van der Waals surface area (Å²) >= 11 is 0. The highest BCUT2D eigenvalue weighted by Gasteiger charge is 2.06. The molecule has 0 aliphatic carbocycles. The lowest BCUT2D eigenvalue weighted by atomic mass is 10.1. The van der Waals surface area contributed by atoms with Crippen molar-refractivity contribution >= 4 is 0 Å². The maximum absolute atomic E-state index is 9.58. The van der Waals surface area contributed by atoms with E-state index >= 15 is 0 Å². The van der Waals surface area contributed by atoms with Gasteiger partial charge >= 0.3 is 0 Å². The Morgan fingerprint density at radius 2 is 2.21 bits per heavy atom. The van der Waals surface area contributed by atoms with Crippen molar-refractivity contribution in [3.8, 4) is 0 Å². The monoisotopic (exact) mass is 196 g/mol. The molecule has 3 nitrogen and oxygen atoms in total. The molecule has 0 fully saturated rings. The Balaban J connectivity index is 2.41. The molecule has 1 atom stereocenters. The fourth-order valence-corrected chi connectivity index (χ4v) is 1.69. The van der Waals surface area contributed by atoms with Crippen LogP contribution < -0.4 is 0 Å². The standard InChI is InChI=1S/C11H20N2O/c1-4-5-11(14)7-6-10-8-9(2)12-13(10)3/h8,11,14H,4-7H2,1-3H3. The summed E-state index contributed by atoms with van der Waals surface area (Å²) in [4.78, 5) is 0. The van der Waals surface area contributed by atoms with Gasteiger partial charge in [0.2, 0.25) is 0 Å². The van der Waals surface area contributed by atoms with Crippen LogP contribution in [0.3, 0.4) is 0 Å². The van der Waals surface area contributed by atoms with E-state index in [0.29, 0.717) is 0 Å². The van der Waals surface area contributed by atoms with Gasteiger partial charge in [-0.3, -0.25) is 4.68 Å². The predicted molar refractivity (Wildman–Crippen MR) is 57.2 cm³/mol. The summed E-state index contributed by atoms with van der Waals surface area (Å²) in [5.74, 6) is 0. The largest absolute Gasteiger partial charge is 0.393 e. The van der Waals surface area contributed by atoms with Crippen LogP contribution in [0.1, 0.15) is 37.6 Å². The molecule has 0 aliphatic rings. The van der Waals surface area contributed by atoms with Gasteiger partial charge in [0.25, 0.3) is 0 Å². The predicted octanol–water partition coefficient (Wildman–Crippen LogP) is 1.82. The molecule has 0 radical (unpaired) electrons. The Morgan fingerprint density at radius 1 is 1.50 bits per heavy atom.